The highest BCUT2D eigenvalue weighted by Gasteiger charge is 2.15. The summed E-state index contributed by atoms with van der Waals surface area (Å²) < 4.78 is 42.1. The molecule has 0 aliphatic rings. The van der Waals surface area contributed by atoms with Gasteiger partial charge in [0.25, 0.3) is 0 Å². The molecule has 0 saturated carbocycles. The molecule has 0 heterocycles. The number of aromatic hydroxyl groups is 1. The molecule has 0 amide bonds. The monoisotopic (exact) mass is 340 g/mol. The molecule has 8 heteroatoms. The second kappa shape index (κ2) is 6.66. The van der Waals surface area contributed by atoms with Crippen LogP contribution in [0.4, 0.5) is 4.39 Å². The number of carbonyl (C=O) groups is 1. The van der Waals surface area contributed by atoms with Crippen LogP contribution >= 0.6 is 0 Å². The Morgan fingerprint density at radius 2 is 1.78 bits per heavy atom. The molecule has 2 aromatic rings. The zero-order chi connectivity index (χ0) is 17.0. The van der Waals surface area contributed by atoms with Gasteiger partial charge in [-0.1, -0.05) is 0 Å². The third-order valence-electron chi connectivity index (χ3n) is 2.99. The summed E-state index contributed by atoms with van der Waals surface area (Å²) in [6.45, 7) is -0.219. The van der Waals surface area contributed by atoms with Crippen molar-refractivity contribution in [3.05, 3.63) is 53.8 Å². The number of ether oxygens (including phenoxy) is 1. The lowest BCUT2D eigenvalue weighted by atomic mass is 10.2. The third-order valence-corrected chi connectivity index (χ3v) is 4.69. The standard InChI is InChI=1S/C15H13FO6S/c16-10-1-4-12(5-2-10)23(20,21)8-7-22-11-3-6-14(17)13(9-11)15(18)19/h1-6,9,17H,7-8H2,(H,18,19). The summed E-state index contributed by atoms with van der Waals surface area (Å²) in [5.41, 5.74) is -0.344. The molecule has 0 atom stereocenters. The quantitative estimate of drug-likeness (QED) is 0.781. The van der Waals surface area contributed by atoms with Gasteiger partial charge < -0.3 is 14.9 Å². The molecule has 2 N–H and O–H groups in total. The van der Waals surface area contributed by atoms with Gasteiger partial charge in [-0.25, -0.2) is 17.6 Å². The summed E-state index contributed by atoms with van der Waals surface area (Å²) in [4.78, 5) is 10.8. The first-order valence-electron chi connectivity index (χ1n) is 6.47. The average molecular weight is 340 g/mol. The van der Waals surface area contributed by atoms with Gasteiger partial charge in [0, 0.05) is 0 Å². The summed E-state index contributed by atoms with van der Waals surface area (Å²) in [7, 11) is -3.64. The van der Waals surface area contributed by atoms with Crippen LogP contribution in [0, 0.1) is 5.82 Å². The van der Waals surface area contributed by atoms with E-state index < -0.39 is 27.4 Å². The zero-order valence-corrected chi connectivity index (χ0v) is 12.6. The maximum Gasteiger partial charge on any atom is 0.339 e. The van der Waals surface area contributed by atoms with Crippen LogP contribution in [0.5, 0.6) is 11.5 Å². The smallest absolute Gasteiger partial charge is 0.339 e. The van der Waals surface area contributed by atoms with Crippen LogP contribution in [-0.2, 0) is 9.84 Å². The number of phenols is 1. The Bertz CT molecular complexity index is 814. The Morgan fingerprint density at radius 1 is 1.13 bits per heavy atom. The summed E-state index contributed by atoms with van der Waals surface area (Å²) in [5.74, 6) is -2.52. The minimum absolute atomic E-state index is 0.0283. The van der Waals surface area contributed by atoms with Crippen molar-refractivity contribution in [2.75, 3.05) is 12.4 Å². The Morgan fingerprint density at radius 3 is 2.39 bits per heavy atom. The van der Waals surface area contributed by atoms with Crippen molar-refractivity contribution < 1.29 is 32.6 Å². The van der Waals surface area contributed by atoms with E-state index >= 15 is 0 Å². The molecule has 0 saturated heterocycles. The second-order valence-electron chi connectivity index (χ2n) is 4.61. The van der Waals surface area contributed by atoms with Gasteiger partial charge in [0.2, 0.25) is 0 Å². The molecule has 2 rings (SSSR count). The van der Waals surface area contributed by atoms with Gasteiger partial charge >= 0.3 is 5.97 Å². The minimum Gasteiger partial charge on any atom is -0.507 e. The molecule has 0 aliphatic heterocycles. The SMILES string of the molecule is O=C(O)c1cc(OCCS(=O)(=O)c2ccc(F)cc2)ccc1O. The van der Waals surface area contributed by atoms with Gasteiger partial charge in [-0.05, 0) is 42.5 Å². The number of benzene rings is 2. The van der Waals surface area contributed by atoms with Crippen molar-refractivity contribution in [1.29, 1.82) is 0 Å². The maximum atomic E-state index is 12.8. The van der Waals surface area contributed by atoms with E-state index in [4.69, 9.17) is 9.84 Å². The Balaban J connectivity index is 2.03. The molecular formula is C15H13FO6S. The van der Waals surface area contributed by atoms with Crippen LogP contribution in [-0.4, -0.2) is 37.0 Å². The third kappa shape index (κ3) is 4.19. The number of halogens is 1. The zero-order valence-electron chi connectivity index (χ0n) is 11.8. The van der Waals surface area contributed by atoms with E-state index in [9.17, 15) is 22.7 Å². The number of hydrogen-bond donors (Lipinski definition) is 2. The van der Waals surface area contributed by atoms with Gasteiger partial charge in [-0.15, -0.1) is 0 Å². The van der Waals surface area contributed by atoms with Gasteiger partial charge in [-0.3, -0.25) is 0 Å². The van der Waals surface area contributed by atoms with Gasteiger partial charge in [0.05, 0.1) is 10.6 Å². The van der Waals surface area contributed by atoms with E-state index in [1.807, 2.05) is 0 Å². The fourth-order valence-electron chi connectivity index (χ4n) is 1.81. The number of carboxylic acid groups (broad SMARTS) is 1. The summed E-state index contributed by atoms with van der Waals surface area (Å²) in [6.07, 6.45) is 0. The molecule has 0 unspecified atom stereocenters. The highest BCUT2D eigenvalue weighted by Crippen LogP contribution is 2.23. The lowest BCUT2D eigenvalue weighted by molar-refractivity contribution is 0.0693. The predicted molar refractivity (Wildman–Crippen MR) is 79.0 cm³/mol. The fraction of sp³-hybridized carbons (Fsp3) is 0.133. The molecule has 0 aromatic heterocycles. The molecule has 0 fully saturated rings. The first-order valence-corrected chi connectivity index (χ1v) is 8.12. The van der Waals surface area contributed by atoms with Crippen molar-refractivity contribution in [3.8, 4) is 11.5 Å². The normalized spacial score (nSPS) is 11.2. The number of aromatic carboxylic acids is 1. The van der Waals surface area contributed by atoms with Gasteiger partial charge in [0.1, 0.15) is 29.5 Å². The molecule has 0 spiro atoms. The lowest BCUT2D eigenvalue weighted by Gasteiger charge is -2.08. The Hall–Kier alpha value is -2.61. The average Bonchev–Trinajstić information content (AvgIpc) is 2.49. The topological polar surface area (TPSA) is 101 Å². The van der Waals surface area contributed by atoms with Gasteiger partial charge in [-0.2, -0.15) is 0 Å². The number of sulfone groups is 1. The number of hydrogen-bond acceptors (Lipinski definition) is 5. The van der Waals surface area contributed by atoms with Crippen molar-refractivity contribution in [2.45, 2.75) is 4.90 Å². The van der Waals surface area contributed by atoms with E-state index in [1.54, 1.807) is 0 Å². The van der Waals surface area contributed by atoms with E-state index in [2.05, 4.69) is 0 Å². The maximum absolute atomic E-state index is 12.8. The summed E-state index contributed by atoms with van der Waals surface area (Å²) in [5, 5.41) is 18.2. The molecule has 122 valence electrons. The highest BCUT2D eigenvalue weighted by molar-refractivity contribution is 7.91. The largest absolute Gasteiger partial charge is 0.507 e. The van der Waals surface area contributed by atoms with Crippen LogP contribution in [0.15, 0.2) is 47.4 Å². The Labute approximate surface area is 131 Å². The van der Waals surface area contributed by atoms with Crippen molar-refractivity contribution in [2.24, 2.45) is 0 Å². The van der Waals surface area contributed by atoms with Crippen molar-refractivity contribution >= 4 is 15.8 Å². The predicted octanol–water partition coefficient (Wildman–Crippen LogP) is 2.08. The molecule has 6 nitrogen and oxygen atoms in total. The lowest BCUT2D eigenvalue weighted by Crippen LogP contribution is -2.14. The minimum atomic E-state index is -3.64. The van der Waals surface area contributed by atoms with E-state index in [0.717, 1.165) is 36.4 Å². The molecule has 23 heavy (non-hydrogen) atoms. The molecule has 2 aromatic carbocycles. The Kier molecular flexibility index (Phi) is 4.85. The van der Waals surface area contributed by atoms with Crippen LogP contribution in [0.1, 0.15) is 10.4 Å². The first kappa shape index (κ1) is 16.8. The van der Waals surface area contributed by atoms with Gasteiger partial charge in [0.15, 0.2) is 9.84 Å². The van der Waals surface area contributed by atoms with E-state index in [-0.39, 0.29) is 28.6 Å². The highest BCUT2D eigenvalue weighted by atomic mass is 32.2. The molecule has 0 aliphatic carbocycles. The molecule has 0 radical (unpaired) electrons. The number of rotatable bonds is 6. The first-order chi connectivity index (χ1) is 10.8. The number of carboxylic acids is 1. The fourth-order valence-corrected chi connectivity index (χ4v) is 2.89. The second-order valence-corrected chi connectivity index (χ2v) is 6.71. The van der Waals surface area contributed by atoms with Crippen molar-refractivity contribution in [1.82, 2.24) is 0 Å². The van der Waals surface area contributed by atoms with Crippen LogP contribution in [0.25, 0.3) is 0 Å². The summed E-state index contributed by atoms with van der Waals surface area (Å²) in [6, 6.07) is 7.99. The molecule has 0 bridgehead atoms. The van der Waals surface area contributed by atoms with E-state index in [1.165, 1.54) is 6.07 Å². The van der Waals surface area contributed by atoms with E-state index in [0.29, 0.717) is 0 Å². The van der Waals surface area contributed by atoms with Crippen molar-refractivity contribution in [3.63, 3.8) is 0 Å². The van der Waals surface area contributed by atoms with Crippen LogP contribution < -0.4 is 4.74 Å². The molecular weight excluding hydrogens is 327 g/mol. The van der Waals surface area contributed by atoms with Crippen LogP contribution in [0.2, 0.25) is 0 Å². The summed E-state index contributed by atoms with van der Waals surface area (Å²) >= 11 is 0. The van der Waals surface area contributed by atoms with Crippen LogP contribution in [0.3, 0.4) is 0 Å².